The second-order valence-corrected chi connectivity index (χ2v) is 5.25. The van der Waals surface area contributed by atoms with Crippen LogP contribution in [0.15, 0.2) is 34.7 Å². The van der Waals surface area contributed by atoms with Crippen LogP contribution in [0.3, 0.4) is 0 Å². The molecule has 0 radical (unpaired) electrons. The van der Waals surface area contributed by atoms with Crippen LogP contribution in [-0.4, -0.2) is 11.4 Å². The summed E-state index contributed by atoms with van der Waals surface area (Å²) in [7, 11) is 0. The van der Waals surface area contributed by atoms with Gasteiger partial charge in [-0.2, -0.15) is 0 Å². The van der Waals surface area contributed by atoms with E-state index in [1.54, 1.807) is 0 Å². The summed E-state index contributed by atoms with van der Waals surface area (Å²) in [4.78, 5) is 2.46. The van der Waals surface area contributed by atoms with Gasteiger partial charge < -0.3 is 4.42 Å². The first-order chi connectivity index (χ1) is 8.70. The monoisotopic (exact) mass is 277 g/mol. The second-order valence-electron chi connectivity index (χ2n) is 5.25. The number of hydrogen-bond donors (Lipinski definition) is 0. The Balaban J connectivity index is 0.00000133. The van der Waals surface area contributed by atoms with Crippen LogP contribution in [0.25, 0.3) is 0 Å². The SMILES string of the molecule is Cc1ccc2c(c1)CN(Cc1ccc(C)o1)CC2.Cl. The van der Waals surface area contributed by atoms with E-state index in [4.69, 9.17) is 4.42 Å². The number of rotatable bonds is 2. The molecule has 2 nitrogen and oxygen atoms in total. The minimum absolute atomic E-state index is 0. The zero-order valence-electron chi connectivity index (χ0n) is 11.5. The van der Waals surface area contributed by atoms with Crippen molar-refractivity contribution >= 4 is 12.4 Å². The molecule has 3 heteroatoms. The predicted molar refractivity (Wildman–Crippen MR) is 79.7 cm³/mol. The van der Waals surface area contributed by atoms with Gasteiger partial charge in [-0.25, -0.2) is 0 Å². The van der Waals surface area contributed by atoms with E-state index >= 15 is 0 Å². The first-order valence-corrected chi connectivity index (χ1v) is 6.57. The Morgan fingerprint density at radius 1 is 1.11 bits per heavy atom. The molecule has 0 N–H and O–H groups in total. The second kappa shape index (κ2) is 5.81. The predicted octanol–water partition coefficient (Wildman–Crippen LogP) is 3.88. The van der Waals surface area contributed by atoms with Gasteiger partial charge in [0.05, 0.1) is 6.54 Å². The van der Waals surface area contributed by atoms with E-state index in [1.807, 2.05) is 13.0 Å². The summed E-state index contributed by atoms with van der Waals surface area (Å²) in [5.41, 5.74) is 4.33. The molecule has 1 aliphatic heterocycles. The van der Waals surface area contributed by atoms with Crippen molar-refractivity contribution in [3.8, 4) is 0 Å². The van der Waals surface area contributed by atoms with E-state index in [1.165, 1.54) is 16.7 Å². The fourth-order valence-corrected chi connectivity index (χ4v) is 2.67. The third-order valence-electron chi connectivity index (χ3n) is 3.63. The molecule has 0 fully saturated rings. The third-order valence-corrected chi connectivity index (χ3v) is 3.63. The van der Waals surface area contributed by atoms with Crippen molar-refractivity contribution in [2.24, 2.45) is 0 Å². The normalized spacial score (nSPS) is 14.8. The van der Waals surface area contributed by atoms with Crippen LogP contribution in [0.2, 0.25) is 0 Å². The lowest BCUT2D eigenvalue weighted by Crippen LogP contribution is -2.29. The van der Waals surface area contributed by atoms with Gasteiger partial charge >= 0.3 is 0 Å². The quantitative estimate of drug-likeness (QED) is 0.828. The summed E-state index contributed by atoms with van der Waals surface area (Å²) < 4.78 is 5.66. The number of halogens is 1. The van der Waals surface area contributed by atoms with Gasteiger partial charge in [-0.3, -0.25) is 4.90 Å². The lowest BCUT2D eigenvalue weighted by atomic mass is 9.98. The number of nitrogens with zero attached hydrogens (tertiary/aromatic N) is 1. The summed E-state index contributed by atoms with van der Waals surface area (Å²) in [5.74, 6) is 2.07. The van der Waals surface area contributed by atoms with E-state index in [9.17, 15) is 0 Å². The Morgan fingerprint density at radius 2 is 1.95 bits per heavy atom. The number of benzene rings is 1. The molecule has 0 saturated carbocycles. The molecule has 1 aromatic carbocycles. The molecule has 0 aliphatic carbocycles. The number of hydrogen-bond acceptors (Lipinski definition) is 2. The lowest BCUT2D eigenvalue weighted by molar-refractivity contribution is 0.224. The summed E-state index contributed by atoms with van der Waals surface area (Å²) in [5, 5.41) is 0. The Hall–Kier alpha value is -1.25. The lowest BCUT2D eigenvalue weighted by Gasteiger charge is -2.28. The fraction of sp³-hybridized carbons (Fsp3) is 0.375. The standard InChI is InChI=1S/C16H19NO.ClH/c1-12-3-5-14-7-8-17(10-15(14)9-12)11-16-6-4-13(2)18-16;/h3-6,9H,7-8,10-11H2,1-2H3;1H. The van der Waals surface area contributed by atoms with Crippen LogP contribution >= 0.6 is 12.4 Å². The van der Waals surface area contributed by atoms with Crippen LogP contribution in [0.4, 0.5) is 0 Å². The highest BCUT2D eigenvalue weighted by Gasteiger charge is 2.17. The van der Waals surface area contributed by atoms with Crippen LogP contribution < -0.4 is 0 Å². The Morgan fingerprint density at radius 3 is 2.68 bits per heavy atom. The number of aryl methyl sites for hydroxylation is 2. The minimum Gasteiger partial charge on any atom is -0.465 e. The highest BCUT2D eigenvalue weighted by molar-refractivity contribution is 5.85. The molecule has 0 atom stereocenters. The number of furan rings is 1. The van der Waals surface area contributed by atoms with E-state index in [0.29, 0.717) is 0 Å². The molecule has 0 amide bonds. The van der Waals surface area contributed by atoms with Gasteiger partial charge in [0.15, 0.2) is 0 Å². The van der Waals surface area contributed by atoms with E-state index in [-0.39, 0.29) is 12.4 Å². The maximum atomic E-state index is 5.66. The minimum atomic E-state index is 0. The van der Waals surface area contributed by atoms with E-state index < -0.39 is 0 Å². The van der Waals surface area contributed by atoms with Crippen molar-refractivity contribution in [1.82, 2.24) is 4.90 Å². The third kappa shape index (κ3) is 3.20. The van der Waals surface area contributed by atoms with E-state index in [0.717, 1.165) is 37.6 Å². The molecule has 2 heterocycles. The number of fused-ring (bicyclic) bond motifs is 1. The van der Waals surface area contributed by atoms with Gasteiger partial charge in [0, 0.05) is 13.1 Å². The smallest absolute Gasteiger partial charge is 0.118 e. The maximum Gasteiger partial charge on any atom is 0.118 e. The first-order valence-electron chi connectivity index (χ1n) is 6.57. The molecular formula is C16H20ClNO. The van der Waals surface area contributed by atoms with Crippen molar-refractivity contribution in [2.75, 3.05) is 6.54 Å². The van der Waals surface area contributed by atoms with Crippen LogP contribution in [0, 0.1) is 13.8 Å². The highest BCUT2D eigenvalue weighted by Crippen LogP contribution is 2.22. The summed E-state index contributed by atoms with van der Waals surface area (Å²) in [6.07, 6.45) is 1.15. The van der Waals surface area contributed by atoms with Crippen molar-refractivity contribution in [1.29, 1.82) is 0 Å². The maximum absolute atomic E-state index is 5.66. The van der Waals surface area contributed by atoms with Gasteiger partial charge in [0.2, 0.25) is 0 Å². The topological polar surface area (TPSA) is 16.4 Å². The molecule has 0 unspecified atom stereocenters. The largest absolute Gasteiger partial charge is 0.465 e. The highest BCUT2D eigenvalue weighted by atomic mass is 35.5. The molecule has 0 saturated heterocycles. The van der Waals surface area contributed by atoms with Crippen LogP contribution in [0.1, 0.15) is 28.2 Å². The molecule has 102 valence electrons. The Kier molecular flexibility index (Phi) is 4.33. The van der Waals surface area contributed by atoms with Gasteiger partial charge in [-0.05, 0) is 43.5 Å². The molecule has 1 aromatic heterocycles. The molecule has 2 aromatic rings. The fourth-order valence-electron chi connectivity index (χ4n) is 2.67. The van der Waals surface area contributed by atoms with Gasteiger partial charge in [0.1, 0.15) is 11.5 Å². The van der Waals surface area contributed by atoms with Gasteiger partial charge in [-0.1, -0.05) is 23.8 Å². The molecule has 0 bridgehead atoms. The van der Waals surface area contributed by atoms with Gasteiger partial charge in [0.25, 0.3) is 0 Å². The molecule has 0 spiro atoms. The average molecular weight is 278 g/mol. The summed E-state index contributed by atoms with van der Waals surface area (Å²) >= 11 is 0. The van der Waals surface area contributed by atoms with Gasteiger partial charge in [-0.15, -0.1) is 12.4 Å². The average Bonchev–Trinajstić information content (AvgIpc) is 2.74. The Bertz CT molecular complexity index is 562. The zero-order valence-corrected chi connectivity index (χ0v) is 12.3. The van der Waals surface area contributed by atoms with E-state index in [2.05, 4.69) is 36.1 Å². The Labute approximate surface area is 120 Å². The molecule has 3 rings (SSSR count). The first kappa shape index (κ1) is 14.2. The zero-order chi connectivity index (χ0) is 12.5. The van der Waals surface area contributed by atoms with Crippen molar-refractivity contribution in [2.45, 2.75) is 33.4 Å². The van der Waals surface area contributed by atoms with Crippen LogP contribution in [0.5, 0.6) is 0 Å². The summed E-state index contributed by atoms with van der Waals surface area (Å²) in [6, 6.07) is 10.9. The molecule has 1 aliphatic rings. The molecule has 19 heavy (non-hydrogen) atoms. The summed E-state index contributed by atoms with van der Waals surface area (Å²) in [6.45, 7) is 7.24. The molecular weight excluding hydrogens is 258 g/mol. The van der Waals surface area contributed by atoms with Crippen molar-refractivity contribution in [3.05, 3.63) is 58.5 Å². The van der Waals surface area contributed by atoms with Crippen LogP contribution in [-0.2, 0) is 19.5 Å². The van der Waals surface area contributed by atoms with Crippen molar-refractivity contribution < 1.29 is 4.42 Å². The van der Waals surface area contributed by atoms with Crippen molar-refractivity contribution in [3.63, 3.8) is 0 Å².